The van der Waals surface area contributed by atoms with Crippen molar-refractivity contribution in [3.8, 4) is 11.3 Å². The lowest BCUT2D eigenvalue weighted by Gasteiger charge is -2.16. The summed E-state index contributed by atoms with van der Waals surface area (Å²) < 4.78 is 13.3. The summed E-state index contributed by atoms with van der Waals surface area (Å²) in [6.45, 7) is 1.84. The monoisotopic (exact) mass is 531 g/mol. The number of hydrogen-bond acceptors (Lipinski definition) is 4. The van der Waals surface area contributed by atoms with Crippen LogP contribution in [0.3, 0.4) is 0 Å². The predicted molar refractivity (Wildman–Crippen MR) is 144 cm³/mol. The van der Waals surface area contributed by atoms with E-state index in [4.69, 9.17) is 21.6 Å². The van der Waals surface area contributed by atoms with E-state index in [0.717, 1.165) is 28.9 Å². The number of hydrogen-bond donors (Lipinski definition) is 2. The normalized spacial score (nSPS) is 17.9. The Hall–Kier alpha value is -3.84. The maximum absolute atomic E-state index is 13.3. The first-order valence-corrected chi connectivity index (χ1v) is 13.0. The minimum atomic E-state index is -0.749. The molecule has 0 aliphatic heterocycles. The molecule has 194 valence electrons. The quantitative estimate of drug-likeness (QED) is 0.279. The number of rotatable bonds is 7. The van der Waals surface area contributed by atoms with Crippen molar-refractivity contribution < 1.29 is 19.1 Å². The molecule has 0 bridgehead atoms. The van der Waals surface area contributed by atoms with Gasteiger partial charge in [-0.05, 0) is 86.6 Å². The number of nitrogens with zero attached hydrogens (tertiary/aromatic N) is 2. The van der Waals surface area contributed by atoms with E-state index in [1.165, 1.54) is 12.1 Å². The van der Waals surface area contributed by atoms with Crippen LogP contribution in [0.4, 0.5) is 4.39 Å². The van der Waals surface area contributed by atoms with Crippen LogP contribution in [0.1, 0.15) is 53.8 Å². The molecule has 6 nitrogen and oxygen atoms in total. The zero-order valence-electron chi connectivity index (χ0n) is 20.8. The minimum Gasteiger partial charge on any atom is -0.481 e. The van der Waals surface area contributed by atoms with E-state index in [1.807, 2.05) is 19.1 Å². The largest absolute Gasteiger partial charge is 0.481 e. The molecule has 3 aromatic carbocycles. The molecular weight excluding hydrogens is 505 g/mol. The van der Waals surface area contributed by atoms with Gasteiger partial charge < -0.3 is 10.4 Å². The second-order valence-electron chi connectivity index (χ2n) is 9.89. The zero-order chi connectivity index (χ0) is 26.8. The van der Waals surface area contributed by atoms with Crippen LogP contribution in [0.15, 0.2) is 66.7 Å². The molecule has 3 atom stereocenters. The Morgan fingerprint density at radius 1 is 1.03 bits per heavy atom. The van der Waals surface area contributed by atoms with Gasteiger partial charge in [-0.3, -0.25) is 9.59 Å². The summed E-state index contributed by atoms with van der Waals surface area (Å²) in [5.41, 5.74) is 4.86. The molecule has 1 heterocycles. The highest BCUT2D eigenvalue weighted by Gasteiger charge is 2.31. The molecule has 1 fully saturated rings. The van der Waals surface area contributed by atoms with Gasteiger partial charge in [0.15, 0.2) is 0 Å². The van der Waals surface area contributed by atoms with Crippen LogP contribution in [0.2, 0.25) is 5.02 Å². The van der Waals surface area contributed by atoms with Crippen LogP contribution >= 0.6 is 11.6 Å². The molecule has 38 heavy (non-hydrogen) atoms. The summed E-state index contributed by atoms with van der Waals surface area (Å²) in [7, 11) is 0. The summed E-state index contributed by atoms with van der Waals surface area (Å²) in [6.07, 6.45) is 2.69. The second kappa shape index (κ2) is 10.9. The van der Waals surface area contributed by atoms with Crippen LogP contribution in [0.25, 0.3) is 22.3 Å². The number of carboxylic acids is 1. The van der Waals surface area contributed by atoms with Gasteiger partial charge in [0, 0.05) is 16.1 Å². The third-order valence-corrected chi connectivity index (χ3v) is 7.46. The molecule has 2 unspecified atom stereocenters. The van der Waals surface area contributed by atoms with E-state index < -0.39 is 5.97 Å². The van der Waals surface area contributed by atoms with E-state index in [9.17, 15) is 19.1 Å². The Kier molecular flexibility index (Phi) is 7.38. The first-order chi connectivity index (χ1) is 18.3. The van der Waals surface area contributed by atoms with Crippen LogP contribution in [0, 0.1) is 17.7 Å². The molecule has 5 rings (SSSR count). The van der Waals surface area contributed by atoms with Gasteiger partial charge in [-0.25, -0.2) is 14.4 Å². The van der Waals surface area contributed by atoms with Crippen molar-refractivity contribution in [2.75, 3.05) is 0 Å². The lowest BCUT2D eigenvalue weighted by atomic mass is 9.96. The summed E-state index contributed by atoms with van der Waals surface area (Å²) in [4.78, 5) is 34.3. The van der Waals surface area contributed by atoms with Crippen molar-refractivity contribution in [3.05, 3.63) is 94.4 Å². The average Bonchev–Trinajstić information content (AvgIpc) is 3.38. The third kappa shape index (κ3) is 5.68. The highest BCUT2D eigenvalue weighted by atomic mass is 35.5. The van der Waals surface area contributed by atoms with Crippen molar-refractivity contribution in [1.29, 1.82) is 0 Å². The maximum Gasteiger partial charge on any atom is 0.306 e. The number of benzene rings is 3. The summed E-state index contributed by atoms with van der Waals surface area (Å²) in [5, 5.41) is 13.0. The fraction of sp³-hybridized carbons (Fsp3) is 0.267. The Morgan fingerprint density at radius 3 is 2.45 bits per heavy atom. The van der Waals surface area contributed by atoms with E-state index in [2.05, 4.69) is 5.32 Å². The molecule has 1 aliphatic rings. The van der Waals surface area contributed by atoms with Crippen molar-refractivity contribution in [2.45, 2.75) is 38.6 Å². The number of fused-ring (bicyclic) bond motifs is 1. The van der Waals surface area contributed by atoms with Crippen molar-refractivity contribution >= 4 is 34.5 Å². The summed E-state index contributed by atoms with van der Waals surface area (Å²) in [5.74, 6) is -1.48. The third-order valence-electron chi connectivity index (χ3n) is 7.21. The number of halogens is 2. The fourth-order valence-corrected chi connectivity index (χ4v) is 5.21. The van der Waals surface area contributed by atoms with Crippen LogP contribution < -0.4 is 5.32 Å². The van der Waals surface area contributed by atoms with Crippen LogP contribution in [-0.2, 0) is 11.2 Å². The molecule has 0 saturated heterocycles. The van der Waals surface area contributed by atoms with Gasteiger partial charge in [0.25, 0.3) is 5.91 Å². The topological polar surface area (TPSA) is 92.2 Å². The molecule has 0 radical (unpaired) electrons. The molecule has 1 saturated carbocycles. The SMILES string of the molecule is C[C@H](NC(=O)c1ccc2nc(-c3ccc(Cl)cc3)c(CC3CCC(C(=O)O)C3)nc2c1)c1ccc(F)cc1. The van der Waals surface area contributed by atoms with Crippen molar-refractivity contribution in [1.82, 2.24) is 15.3 Å². The maximum atomic E-state index is 13.3. The Bertz CT molecular complexity index is 1490. The Balaban J connectivity index is 1.45. The van der Waals surface area contributed by atoms with Crippen LogP contribution in [-0.4, -0.2) is 27.0 Å². The minimum absolute atomic E-state index is 0.192. The number of aliphatic carboxylic acids is 1. The van der Waals surface area contributed by atoms with Gasteiger partial charge in [-0.1, -0.05) is 35.9 Å². The van der Waals surface area contributed by atoms with Crippen LogP contribution in [0.5, 0.6) is 0 Å². The standard InChI is InChI=1S/C30H27ClFN3O3/c1-17(19-6-11-24(32)12-7-19)33-29(36)21-8-13-25-26(16-21)34-27(15-18-2-3-22(14-18)30(37)38)28(35-25)20-4-9-23(31)10-5-20/h4-13,16-18,22H,2-3,14-15H2,1H3,(H,33,36)(H,37,38)/t17-,18?,22?/m0/s1. The van der Waals surface area contributed by atoms with Gasteiger partial charge in [0.2, 0.25) is 0 Å². The highest BCUT2D eigenvalue weighted by Crippen LogP contribution is 2.35. The Labute approximate surface area is 224 Å². The summed E-state index contributed by atoms with van der Waals surface area (Å²) >= 11 is 6.10. The highest BCUT2D eigenvalue weighted by molar-refractivity contribution is 6.30. The smallest absolute Gasteiger partial charge is 0.306 e. The van der Waals surface area contributed by atoms with Crippen molar-refractivity contribution in [3.63, 3.8) is 0 Å². The predicted octanol–water partition coefficient (Wildman–Crippen LogP) is 6.62. The fourth-order valence-electron chi connectivity index (χ4n) is 5.09. The van der Waals surface area contributed by atoms with E-state index in [1.54, 1.807) is 42.5 Å². The van der Waals surface area contributed by atoms with Crippen molar-refractivity contribution in [2.24, 2.45) is 11.8 Å². The number of carbonyl (C=O) groups is 2. The van der Waals surface area contributed by atoms with E-state index in [-0.39, 0.29) is 29.6 Å². The molecule has 1 aliphatic carbocycles. The Morgan fingerprint density at radius 2 is 1.76 bits per heavy atom. The van der Waals surface area contributed by atoms with E-state index >= 15 is 0 Å². The van der Waals surface area contributed by atoms with Gasteiger partial charge in [0.1, 0.15) is 5.82 Å². The lowest BCUT2D eigenvalue weighted by Crippen LogP contribution is -2.26. The zero-order valence-corrected chi connectivity index (χ0v) is 21.6. The molecule has 0 spiro atoms. The average molecular weight is 532 g/mol. The lowest BCUT2D eigenvalue weighted by molar-refractivity contribution is -0.141. The summed E-state index contributed by atoms with van der Waals surface area (Å²) in [6, 6.07) is 18.3. The molecule has 2 N–H and O–H groups in total. The molecular formula is C30H27ClFN3O3. The van der Waals surface area contributed by atoms with Gasteiger partial charge >= 0.3 is 5.97 Å². The number of nitrogens with one attached hydrogen (secondary N) is 1. The number of carbonyl (C=O) groups excluding carboxylic acids is 1. The second-order valence-corrected chi connectivity index (χ2v) is 10.3. The van der Waals surface area contributed by atoms with Gasteiger partial charge in [-0.15, -0.1) is 0 Å². The molecule has 8 heteroatoms. The first kappa shape index (κ1) is 25.8. The van der Waals surface area contributed by atoms with E-state index in [0.29, 0.717) is 40.9 Å². The molecule has 1 aromatic heterocycles. The first-order valence-electron chi connectivity index (χ1n) is 12.6. The number of amides is 1. The number of carboxylic acid groups (broad SMARTS) is 1. The van der Waals surface area contributed by atoms with Gasteiger partial charge in [-0.2, -0.15) is 0 Å². The van der Waals surface area contributed by atoms with Gasteiger partial charge in [0.05, 0.1) is 34.4 Å². The number of aromatic nitrogens is 2. The molecule has 4 aromatic rings. The molecule has 1 amide bonds.